The van der Waals surface area contributed by atoms with E-state index in [0.717, 1.165) is 0 Å². The summed E-state index contributed by atoms with van der Waals surface area (Å²) >= 11 is 0. The molecule has 0 N–H and O–H groups in total. The molecule has 0 aliphatic carbocycles. The molecular formula is C9H10NiO2. The van der Waals surface area contributed by atoms with E-state index < -0.39 is 0 Å². The van der Waals surface area contributed by atoms with Crippen LogP contribution in [0.1, 0.15) is 17.3 Å². The van der Waals surface area contributed by atoms with Gasteiger partial charge < -0.3 is 4.74 Å². The van der Waals surface area contributed by atoms with Crippen molar-refractivity contribution in [3.63, 3.8) is 0 Å². The summed E-state index contributed by atoms with van der Waals surface area (Å²) in [6.07, 6.45) is 0. The second-order valence-corrected chi connectivity index (χ2v) is 2.09. The predicted molar refractivity (Wildman–Crippen MR) is 42.4 cm³/mol. The Morgan fingerprint density at radius 3 is 2.42 bits per heavy atom. The summed E-state index contributed by atoms with van der Waals surface area (Å²) in [5, 5.41) is 0. The van der Waals surface area contributed by atoms with E-state index in [-0.39, 0.29) is 22.5 Å². The van der Waals surface area contributed by atoms with E-state index in [1.54, 1.807) is 19.1 Å². The van der Waals surface area contributed by atoms with Crippen LogP contribution in [0.25, 0.3) is 0 Å². The molecular weight excluding hydrogens is 199 g/mol. The Morgan fingerprint density at radius 1 is 1.33 bits per heavy atom. The third-order valence-electron chi connectivity index (χ3n) is 1.28. The van der Waals surface area contributed by atoms with Gasteiger partial charge in [-0.15, -0.1) is 0 Å². The normalized spacial score (nSPS) is 8.42. The average Bonchev–Trinajstić information content (AvgIpc) is 2.07. The van der Waals surface area contributed by atoms with E-state index in [1.165, 1.54) is 0 Å². The van der Waals surface area contributed by atoms with Crippen LogP contribution in [0.2, 0.25) is 0 Å². The quantitative estimate of drug-likeness (QED) is 0.548. The maximum atomic E-state index is 11.0. The molecule has 0 saturated heterocycles. The average molecular weight is 209 g/mol. The summed E-state index contributed by atoms with van der Waals surface area (Å²) in [5.41, 5.74) is 0.606. The number of esters is 1. The van der Waals surface area contributed by atoms with E-state index in [0.29, 0.717) is 12.2 Å². The second kappa shape index (κ2) is 5.79. The molecule has 0 amide bonds. The number of rotatable bonds is 2. The minimum absolute atomic E-state index is 0. The van der Waals surface area contributed by atoms with E-state index in [9.17, 15) is 4.79 Å². The van der Waals surface area contributed by atoms with Gasteiger partial charge in [0.2, 0.25) is 0 Å². The number of carbonyl (C=O) groups excluding carboxylic acids is 1. The van der Waals surface area contributed by atoms with Gasteiger partial charge in [0.1, 0.15) is 0 Å². The fourth-order valence-electron chi connectivity index (χ4n) is 0.789. The zero-order valence-electron chi connectivity index (χ0n) is 6.73. The Balaban J connectivity index is 0.00000121. The van der Waals surface area contributed by atoms with E-state index in [1.807, 2.05) is 18.2 Å². The van der Waals surface area contributed by atoms with Gasteiger partial charge >= 0.3 is 5.97 Å². The van der Waals surface area contributed by atoms with E-state index in [2.05, 4.69) is 0 Å². The SMILES string of the molecule is CCOC(=O)c1ccccc1.[Ni]. The van der Waals surface area contributed by atoms with E-state index >= 15 is 0 Å². The molecule has 2 nitrogen and oxygen atoms in total. The first-order valence-corrected chi connectivity index (χ1v) is 3.56. The smallest absolute Gasteiger partial charge is 0.338 e. The van der Waals surface area contributed by atoms with Crippen LogP contribution in [0.3, 0.4) is 0 Å². The van der Waals surface area contributed by atoms with Crippen molar-refractivity contribution >= 4 is 5.97 Å². The van der Waals surface area contributed by atoms with Crippen LogP contribution in [0, 0.1) is 0 Å². The summed E-state index contributed by atoms with van der Waals surface area (Å²) in [6.45, 7) is 2.22. The number of hydrogen-bond donors (Lipinski definition) is 0. The molecule has 0 atom stereocenters. The molecule has 12 heavy (non-hydrogen) atoms. The van der Waals surface area contributed by atoms with Crippen molar-refractivity contribution in [2.75, 3.05) is 6.61 Å². The molecule has 1 rings (SSSR count). The fourth-order valence-corrected chi connectivity index (χ4v) is 0.789. The van der Waals surface area contributed by atoms with Crippen LogP contribution in [0.15, 0.2) is 30.3 Å². The van der Waals surface area contributed by atoms with Crippen LogP contribution in [-0.4, -0.2) is 12.6 Å². The number of benzene rings is 1. The Morgan fingerprint density at radius 2 is 1.92 bits per heavy atom. The molecule has 68 valence electrons. The Labute approximate surface area is 81.8 Å². The minimum Gasteiger partial charge on any atom is -0.462 e. The number of hydrogen-bond acceptors (Lipinski definition) is 2. The van der Waals surface area contributed by atoms with Gasteiger partial charge in [-0.25, -0.2) is 4.79 Å². The molecule has 0 spiro atoms. The Kier molecular flexibility index (Phi) is 5.39. The van der Waals surface area contributed by atoms with Gasteiger partial charge in [-0.05, 0) is 19.1 Å². The summed E-state index contributed by atoms with van der Waals surface area (Å²) in [6, 6.07) is 8.96. The van der Waals surface area contributed by atoms with Crippen LogP contribution in [0.5, 0.6) is 0 Å². The van der Waals surface area contributed by atoms with Crippen molar-refractivity contribution in [2.45, 2.75) is 6.92 Å². The van der Waals surface area contributed by atoms with Crippen molar-refractivity contribution in [3.8, 4) is 0 Å². The number of carbonyl (C=O) groups is 1. The van der Waals surface area contributed by atoms with Crippen molar-refractivity contribution < 1.29 is 26.0 Å². The largest absolute Gasteiger partial charge is 0.462 e. The van der Waals surface area contributed by atoms with Gasteiger partial charge in [-0.2, -0.15) is 0 Å². The molecule has 1 aromatic carbocycles. The molecule has 0 fully saturated rings. The molecule has 0 aromatic heterocycles. The molecule has 1 aromatic rings. The van der Waals surface area contributed by atoms with Crippen LogP contribution < -0.4 is 0 Å². The van der Waals surface area contributed by atoms with Gasteiger partial charge in [0.15, 0.2) is 0 Å². The first kappa shape index (κ1) is 11.2. The molecule has 0 aliphatic rings. The Bertz CT molecular complexity index is 234. The zero-order chi connectivity index (χ0) is 8.10. The van der Waals surface area contributed by atoms with Gasteiger partial charge in [-0.3, -0.25) is 0 Å². The summed E-state index contributed by atoms with van der Waals surface area (Å²) < 4.78 is 4.79. The first-order valence-electron chi connectivity index (χ1n) is 3.56. The van der Waals surface area contributed by atoms with Gasteiger partial charge in [0, 0.05) is 16.5 Å². The number of ether oxygens (including phenoxy) is 1. The van der Waals surface area contributed by atoms with Crippen molar-refractivity contribution in [2.24, 2.45) is 0 Å². The standard InChI is InChI=1S/C9H10O2.Ni/c1-2-11-9(10)8-6-4-3-5-7-8;/h3-7H,2H2,1H3;. The molecule has 0 bridgehead atoms. The summed E-state index contributed by atoms with van der Waals surface area (Å²) in [4.78, 5) is 11.0. The van der Waals surface area contributed by atoms with Crippen LogP contribution in [-0.2, 0) is 21.2 Å². The third-order valence-corrected chi connectivity index (χ3v) is 1.28. The molecule has 0 unspecified atom stereocenters. The Hall–Kier alpha value is -0.816. The topological polar surface area (TPSA) is 26.3 Å². The molecule has 0 saturated carbocycles. The minimum atomic E-state index is -0.256. The fraction of sp³-hybridized carbons (Fsp3) is 0.222. The van der Waals surface area contributed by atoms with Crippen LogP contribution >= 0.6 is 0 Å². The second-order valence-electron chi connectivity index (χ2n) is 2.09. The molecule has 3 heteroatoms. The van der Waals surface area contributed by atoms with Crippen molar-refractivity contribution in [1.29, 1.82) is 0 Å². The molecule has 0 aliphatic heterocycles. The van der Waals surface area contributed by atoms with Gasteiger partial charge in [-0.1, -0.05) is 18.2 Å². The maximum Gasteiger partial charge on any atom is 0.338 e. The molecule has 0 heterocycles. The van der Waals surface area contributed by atoms with Crippen molar-refractivity contribution in [3.05, 3.63) is 35.9 Å². The van der Waals surface area contributed by atoms with E-state index in [4.69, 9.17) is 4.74 Å². The zero-order valence-corrected chi connectivity index (χ0v) is 7.71. The van der Waals surface area contributed by atoms with Crippen LogP contribution in [0.4, 0.5) is 0 Å². The van der Waals surface area contributed by atoms with Crippen molar-refractivity contribution in [1.82, 2.24) is 0 Å². The summed E-state index contributed by atoms with van der Waals surface area (Å²) in [5.74, 6) is -0.256. The molecule has 0 radical (unpaired) electrons. The summed E-state index contributed by atoms with van der Waals surface area (Å²) in [7, 11) is 0. The van der Waals surface area contributed by atoms with Gasteiger partial charge in [0.25, 0.3) is 0 Å². The predicted octanol–water partition coefficient (Wildman–Crippen LogP) is 1.86. The first-order chi connectivity index (χ1) is 5.34. The van der Waals surface area contributed by atoms with Gasteiger partial charge in [0.05, 0.1) is 12.2 Å². The maximum absolute atomic E-state index is 11.0. The monoisotopic (exact) mass is 208 g/mol. The third kappa shape index (κ3) is 3.06.